The Labute approximate surface area is 154 Å². The Morgan fingerprint density at radius 3 is 1.88 bits per heavy atom. The lowest BCUT2D eigenvalue weighted by Crippen LogP contribution is -2.29. The number of benzene rings is 2. The van der Waals surface area contributed by atoms with Crippen LogP contribution < -0.4 is 9.13 Å². The zero-order valence-corrected chi connectivity index (χ0v) is 14.5. The van der Waals surface area contributed by atoms with Crippen LogP contribution in [0.1, 0.15) is 0 Å². The number of pyridine rings is 2. The lowest BCUT2D eigenvalue weighted by atomic mass is 10.0. The molecule has 124 valence electrons. The molecule has 0 fully saturated rings. The van der Waals surface area contributed by atoms with E-state index >= 15 is 0 Å². The molecule has 26 heavy (non-hydrogen) atoms. The maximum atomic E-state index is 3.92. The Kier molecular flexibility index (Phi) is 4.40. The maximum absolute atomic E-state index is 3.92. The van der Waals surface area contributed by atoms with Crippen molar-refractivity contribution in [1.82, 2.24) is 0 Å². The van der Waals surface area contributed by atoms with Crippen LogP contribution in [-0.4, -0.2) is 0 Å². The largest absolute Gasteiger partial charge is 0.218 e. The van der Waals surface area contributed by atoms with Crippen LogP contribution in [0.3, 0.4) is 0 Å². The fourth-order valence-corrected chi connectivity index (χ4v) is 3.08. The molecule has 0 aliphatic carbocycles. The van der Waals surface area contributed by atoms with Crippen molar-refractivity contribution in [2.75, 3.05) is 0 Å². The molecule has 0 saturated carbocycles. The Balaban J connectivity index is 1.73. The molecule has 0 bridgehead atoms. The van der Waals surface area contributed by atoms with Crippen molar-refractivity contribution < 1.29 is 9.13 Å². The Bertz CT molecular complexity index is 1020. The van der Waals surface area contributed by atoms with Crippen LogP contribution in [0.5, 0.6) is 0 Å². The summed E-state index contributed by atoms with van der Waals surface area (Å²) in [6.45, 7) is 3.92. The molecule has 0 amide bonds. The van der Waals surface area contributed by atoms with E-state index < -0.39 is 0 Å². The van der Waals surface area contributed by atoms with Crippen LogP contribution in [-0.2, 0) is 0 Å². The zero-order valence-electron chi connectivity index (χ0n) is 14.5. The van der Waals surface area contributed by atoms with E-state index in [2.05, 4.69) is 90.4 Å². The molecule has 0 aliphatic heterocycles. The topological polar surface area (TPSA) is 7.76 Å². The first-order valence-electron chi connectivity index (χ1n) is 8.65. The second-order valence-corrected chi connectivity index (χ2v) is 6.09. The number of hydrogen-bond acceptors (Lipinski definition) is 0. The third-order valence-corrected chi connectivity index (χ3v) is 4.47. The maximum Gasteiger partial charge on any atom is 0.218 e. The Morgan fingerprint density at radius 2 is 1.23 bits per heavy atom. The highest BCUT2D eigenvalue weighted by atomic mass is 14.9. The molecule has 2 aromatic heterocycles. The molecule has 2 nitrogen and oxygen atoms in total. The number of rotatable bonds is 4. The molecule has 4 rings (SSSR count). The van der Waals surface area contributed by atoms with Gasteiger partial charge in [0.2, 0.25) is 11.4 Å². The minimum Gasteiger partial charge on any atom is -0.167 e. The van der Waals surface area contributed by atoms with Crippen LogP contribution in [0.2, 0.25) is 0 Å². The van der Waals surface area contributed by atoms with Crippen LogP contribution >= 0.6 is 0 Å². The molecular formula is C24H20N2+2. The second kappa shape index (κ2) is 7.16. The summed E-state index contributed by atoms with van der Waals surface area (Å²) in [5, 5.41) is 0. The first-order chi connectivity index (χ1) is 12.8. The average Bonchev–Trinajstić information content (AvgIpc) is 2.75. The van der Waals surface area contributed by atoms with Crippen molar-refractivity contribution in [3.63, 3.8) is 0 Å². The predicted molar refractivity (Wildman–Crippen MR) is 105 cm³/mol. The van der Waals surface area contributed by atoms with Gasteiger partial charge in [0.25, 0.3) is 0 Å². The SMILES string of the molecule is C=C[n+]1ccc(-c2cc[n+](-c3ccccc3)cc2)cc1-c1ccccc1. The molecule has 2 heterocycles. The summed E-state index contributed by atoms with van der Waals surface area (Å²) < 4.78 is 4.17. The molecule has 0 aliphatic rings. The van der Waals surface area contributed by atoms with Gasteiger partial charge < -0.3 is 0 Å². The summed E-state index contributed by atoms with van der Waals surface area (Å²) in [6.07, 6.45) is 8.09. The van der Waals surface area contributed by atoms with E-state index in [9.17, 15) is 0 Å². The minimum absolute atomic E-state index is 1.12. The zero-order chi connectivity index (χ0) is 17.8. The Hall–Kier alpha value is -3.52. The normalized spacial score (nSPS) is 10.5. The fraction of sp³-hybridized carbons (Fsp3) is 0. The van der Waals surface area contributed by atoms with E-state index in [0.29, 0.717) is 0 Å². The van der Waals surface area contributed by atoms with Crippen molar-refractivity contribution in [1.29, 1.82) is 0 Å². The van der Waals surface area contributed by atoms with Crippen molar-refractivity contribution in [2.24, 2.45) is 0 Å². The van der Waals surface area contributed by atoms with Gasteiger partial charge in [-0.05, 0) is 29.8 Å². The predicted octanol–water partition coefficient (Wildman–Crippen LogP) is 4.69. The van der Waals surface area contributed by atoms with Crippen molar-refractivity contribution >= 4 is 6.20 Å². The number of hydrogen-bond donors (Lipinski definition) is 0. The van der Waals surface area contributed by atoms with Gasteiger partial charge in [-0.25, -0.2) is 0 Å². The molecule has 2 heteroatoms. The van der Waals surface area contributed by atoms with E-state index in [1.54, 1.807) is 0 Å². The molecule has 0 unspecified atom stereocenters. The van der Waals surface area contributed by atoms with Crippen molar-refractivity contribution in [3.8, 4) is 28.1 Å². The molecule has 2 aromatic carbocycles. The summed E-state index contributed by atoms with van der Waals surface area (Å²) in [6, 6.07) is 29.3. The number of nitrogens with zero attached hydrogens (tertiary/aromatic N) is 2. The highest BCUT2D eigenvalue weighted by molar-refractivity contribution is 5.68. The van der Waals surface area contributed by atoms with Gasteiger partial charge in [0, 0.05) is 42.0 Å². The molecule has 0 N–H and O–H groups in total. The molecule has 0 spiro atoms. The summed E-state index contributed by atoms with van der Waals surface area (Å²) >= 11 is 0. The van der Waals surface area contributed by atoms with Crippen molar-refractivity contribution in [3.05, 3.63) is 110 Å². The molecular weight excluding hydrogens is 316 g/mol. The average molecular weight is 336 g/mol. The quantitative estimate of drug-likeness (QED) is 0.478. The highest BCUT2D eigenvalue weighted by Gasteiger charge is 2.13. The Morgan fingerprint density at radius 1 is 0.615 bits per heavy atom. The van der Waals surface area contributed by atoms with Gasteiger partial charge in [-0.3, -0.25) is 0 Å². The first-order valence-corrected chi connectivity index (χ1v) is 8.65. The van der Waals surface area contributed by atoms with Crippen LogP contribution in [0, 0.1) is 0 Å². The van der Waals surface area contributed by atoms with E-state index in [4.69, 9.17) is 0 Å². The van der Waals surface area contributed by atoms with Gasteiger partial charge >= 0.3 is 0 Å². The van der Waals surface area contributed by atoms with Crippen LogP contribution in [0.4, 0.5) is 0 Å². The summed E-state index contributed by atoms with van der Waals surface area (Å²) in [5.74, 6) is 0. The third-order valence-electron chi connectivity index (χ3n) is 4.47. The third kappa shape index (κ3) is 3.17. The lowest BCUT2D eigenvalue weighted by Gasteiger charge is -2.04. The van der Waals surface area contributed by atoms with E-state index in [-0.39, 0.29) is 0 Å². The summed E-state index contributed by atoms with van der Waals surface area (Å²) in [4.78, 5) is 0. The van der Waals surface area contributed by atoms with E-state index in [1.165, 1.54) is 16.7 Å². The lowest BCUT2D eigenvalue weighted by molar-refractivity contribution is -0.595. The summed E-state index contributed by atoms with van der Waals surface area (Å²) in [5.41, 5.74) is 5.82. The van der Waals surface area contributed by atoms with Crippen LogP contribution in [0.15, 0.2) is 110 Å². The number of aromatic nitrogens is 2. The van der Waals surface area contributed by atoms with Gasteiger partial charge in [0.1, 0.15) is 0 Å². The van der Waals surface area contributed by atoms with Gasteiger partial charge in [0.05, 0.1) is 0 Å². The van der Waals surface area contributed by atoms with Gasteiger partial charge in [-0.2, -0.15) is 9.13 Å². The fourth-order valence-electron chi connectivity index (χ4n) is 3.08. The molecule has 4 aromatic rings. The number of para-hydroxylation sites is 1. The van der Waals surface area contributed by atoms with Gasteiger partial charge in [-0.15, -0.1) is 0 Å². The van der Waals surface area contributed by atoms with Crippen LogP contribution in [0.25, 0.3) is 34.3 Å². The molecule has 0 radical (unpaired) electrons. The minimum atomic E-state index is 1.12. The molecule has 0 atom stereocenters. The monoisotopic (exact) mass is 336 g/mol. The second-order valence-electron chi connectivity index (χ2n) is 6.09. The van der Waals surface area contributed by atoms with Crippen molar-refractivity contribution in [2.45, 2.75) is 0 Å². The summed E-state index contributed by atoms with van der Waals surface area (Å²) in [7, 11) is 0. The van der Waals surface area contributed by atoms with Gasteiger partial charge in [0.15, 0.2) is 24.8 Å². The highest BCUT2D eigenvalue weighted by Crippen LogP contribution is 2.23. The molecule has 0 saturated heterocycles. The first kappa shape index (κ1) is 16.0. The smallest absolute Gasteiger partial charge is 0.167 e. The van der Waals surface area contributed by atoms with E-state index in [0.717, 1.165) is 11.4 Å². The van der Waals surface area contributed by atoms with Gasteiger partial charge in [-0.1, -0.05) is 36.4 Å². The standard InChI is InChI=1S/C24H20N2/c1-2-25-16-15-22(19-24(25)21-9-5-3-6-10-21)20-13-17-26(18-14-20)23-11-7-4-8-12-23/h2-19H,1H2/q+2. The van der Waals surface area contributed by atoms with E-state index in [1.807, 2.05) is 35.0 Å².